The molecule has 0 fully saturated rings. The van der Waals surface area contributed by atoms with Crippen LogP contribution in [0.25, 0.3) is 43.7 Å². The summed E-state index contributed by atoms with van der Waals surface area (Å²) < 4.78 is 63.6. The first-order valence-electron chi connectivity index (χ1n) is 25.4. The lowest BCUT2D eigenvalue weighted by Crippen LogP contribution is -2.31. The van der Waals surface area contributed by atoms with Crippen molar-refractivity contribution in [1.29, 1.82) is 0 Å². The summed E-state index contributed by atoms with van der Waals surface area (Å²) in [7, 11) is -7.96. The van der Waals surface area contributed by atoms with Gasteiger partial charge in [-0.15, -0.1) is 0 Å². The Morgan fingerprint density at radius 3 is 1.04 bits per heavy atom. The average molecular weight is 1280 g/mol. The Morgan fingerprint density at radius 2 is 0.675 bits per heavy atom. The van der Waals surface area contributed by atoms with E-state index in [1.54, 1.807) is 0 Å². The molecule has 77 heavy (non-hydrogen) atoms. The number of para-hydroxylation sites is 6. The maximum absolute atomic E-state index is 15.4. The molecule has 6 nitrogen and oxygen atoms in total. The predicted molar refractivity (Wildman–Crippen MR) is 334 cm³/mol. The van der Waals surface area contributed by atoms with Gasteiger partial charge in [-0.2, -0.15) is 0 Å². The van der Waals surface area contributed by atoms with E-state index in [2.05, 4.69) is 134 Å². The molecule has 4 aliphatic rings. The van der Waals surface area contributed by atoms with Gasteiger partial charge in [-0.3, -0.25) is 0 Å². The summed E-state index contributed by atoms with van der Waals surface area (Å²) in [6.45, 7) is 9.05. The molecule has 11 aromatic rings. The van der Waals surface area contributed by atoms with Gasteiger partial charge in [-0.1, -0.05) is 141 Å². The standard InChI is InChI=1S/C39H28O4P2.C15H12I2.C12H8O2P/c1-39(2)29-23-25(44(40)35-15-7-3-11-31(35)42-32-12-4-8-16-36(32)44)19-21-27(29)28-22-20-26(24-30(28)39)45(41)37-17-9-5-13-33(37)43-34-14-6-10-18-38(34)45;1-15(2)13-7-9(16)3-5-11(13)12-6-4-10(17)8-14(12)15;13-15-11-7-3-1-5-9(11)14-10-6-2-4-8-12(10)15/h3-24H,1-2H3;3-8H,1-2H3;1-8H/q;;+1. The van der Waals surface area contributed by atoms with Crippen LogP contribution >= 0.6 is 66.9 Å². The van der Waals surface area contributed by atoms with Crippen molar-refractivity contribution < 1.29 is 27.6 Å². The first-order valence-corrected chi connectivity index (χ1v) is 32.2. The second-order valence-electron chi connectivity index (χ2n) is 20.7. The Labute approximate surface area is 475 Å². The Kier molecular flexibility index (Phi) is 12.3. The number of hydrogen-bond donors (Lipinski definition) is 0. The van der Waals surface area contributed by atoms with E-state index >= 15 is 9.13 Å². The average Bonchev–Trinajstić information content (AvgIpc) is 3.89. The fourth-order valence-electron chi connectivity index (χ4n) is 11.7. The van der Waals surface area contributed by atoms with Gasteiger partial charge >= 0.3 is 7.41 Å². The molecule has 2 aliphatic carbocycles. The number of halogens is 2. The van der Waals surface area contributed by atoms with Crippen LogP contribution in [-0.2, 0) is 24.5 Å². The molecule has 0 spiro atoms. The first-order chi connectivity index (χ1) is 37.2. The topological polar surface area (TPSA) is 82.8 Å². The summed E-state index contributed by atoms with van der Waals surface area (Å²) in [5, 5.41) is 6.00. The third kappa shape index (κ3) is 7.99. The number of fused-ring (bicyclic) bond motifs is 12. The van der Waals surface area contributed by atoms with Crippen molar-refractivity contribution in [3.8, 4) is 45.3 Å². The normalized spacial score (nSPS) is 15.4. The minimum atomic E-state index is -3.23. The number of hydrogen-bond acceptors (Lipinski definition) is 6. The van der Waals surface area contributed by atoms with E-state index in [-0.39, 0.29) is 5.41 Å². The highest BCUT2D eigenvalue weighted by atomic mass is 127. The van der Waals surface area contributed by atoms with Crippen LogP contribution in [0, 0.1) is 7.14 Å². The Hall–Kier alpha value is -6.38. The Morgan fingerprint density at radius 1 is 0.377 bits per heavy atom. The fourth-order valence-corrected chi connectivity index (χ4v) is 19.8. The van der Waals surface area contributed by atoms with Crippen molar-refractivity contribution in [3.05, 3.63) is 248 Å². The van der Waals surface area contributed by atoms with Gasteiger partial charge in [0, 0.05) is 28.6 Å². The summed E-state index contributed by atoms with van der Waals surface area (Å²) in [6.07, 6.45) is 0. The van der Waals surface area contributed by atoms with E-state index in [0.717, 1.165) is 43.1 Å². The number of rotatable bonds is 2. The van der Waals surface area contributed by atoms with Crippen LogP contribution in [0.5, 0.6) is 23.0 Å². The highest BCUT2D eigenvalue weighted by Gasteiger charge is 2.45. The van der Waals surface area contributed by atoms with Gasteiger partial charge in [0.25, 0.3) is 0 Å². The summed E-state index contributed by atoms with van der Waals surface area (Å²) in [5.74, 6) is 2.53. The van der Waals surface area contributed by atoms with Crippen molar-refractivity contribution in [2.24, 2.45) is 0 Å². The Balaban J connectivity index is 0.000000143. The van der Waals surface area contributed by atoms with E-state index in [4.69, 9.17) is 13.9 Å². The van der Waals surface area contributed by atoms with Gasteiger partial charge < -0.3 is 23.0 Å². The van der Waals surface area contributed by atoms with Crippen molar-refractivity contribution in [3.63, 3.8) is 0 Å². The summed E-state index contributed by atoms with van der Waals surface area (Å²) in [6, 6.07) is 71.6. The van der Waals surface area contributed by atoms with Crippen LogP contribution in [0.4, 0.5) is 0 Å². The largest absolute Gasteiger partial charge is 0.456 e. The van der Waals surface area contributed by atoms with E-state index in [1.807, 2.05) is 158 Å². The smallest absolute Gasteiger partial charge is 0.423 e. The third-order valence-electron chi connectivity index (χ3n) is 15.6. The number of ether oxygens (including phenoxy) is 2. The molecule has 15 rings (SSSR count). The molecule has 3 heterocycles. The van der Waals surface area contributed by atoms with Crippen molar-refractivity contribution in [2.45, 2.75) is 38.5 Å². The minimum absolute atomic E-state index is 0.132. The molecule has 0 radical (unpaired) electrons. The summed E-state index contributed by atoms with van der Waals surface area (Å²) in [4.78, 5) is 0. The van der Waals surface area contributed by atoms with Gasteiger partial charge in [0.05, 0.1) is 21.2 Å². The van der Waals surface area contributed by atoms with Crippen molar-refractivity contribution in [1.82, 2.24) is 0 Å². The second-order valence-corrected chi connectivity index (χ2v) is 30.2. The highest BCUT2D eigenvalue weighted by molar-refractivity contribution is 14.1. The molecule has 0 N–H and O–H groups in total. The minimum Gasteiger partial charge on any atom is -0.456 e. The fraction of sp³-hybridized carbons (Fsp3) is 0.0909. The van der Waals surface area contributed by atoms with Crippen LogP contribution in [-0.4, -0.2) is 0 Å². The molecular formula is C66H48I2O6P3+. The molecule has 10 aromatic carbocycles. The second kappa shape index (κ2) is 18.9. The van der Waals surface area contributed by atoms with Gasteiger partial charge in [-0.25, -0.2) is 0 Å². The lowest BCUT2D eigenvalue weighted by molar-refractivity contribution is 0.485. The molecule has 0 unspecified atom stereocenters. The summed E-state index contributed by atoms with van der Waals surface area (Å²) in [5.41, 5.74) is 11.3. The molecular weight excluding hydrogens is 1240 g/mol. The Bertz CT molecular complexity index is 4070. The quantitative estimate of drug-likeness (QED) is 0.0974. The van der Waals surface area contributed by atoms with E-state index < -0.39 is 27.1 Å². The van der Waals surface area contributed by atoms with Gasteiger partial charge in [0.2, 0.25) is 10.2 Å². The maximum atomic E-state index is 15.4. The van der Waals surface area contributed by atoms with Crippen molar-refractivity contribution >= 4 is 120 Å². The van der Waals surface area contributed by atoms with E-state index in [9.17, 15) is 4.57 Å². The maximum Gasteiger partial charge on any atom is 0.423 e. The first kappa shape index (κ1) is 50.1. The van der Waals surface area contributed by atoms with Crippen LogP contribution in [0.1, 0.15) is 49.9 Å². The van der Waals surface area contributed by atoms with E-state index in [0.29, 0.717) is 55.4 Å². The molecule has 0 atom stereocenters. The van der Waals surface area contributed by atoms with Gasteiger partial charge in [0.15, 0.2) is 25.4 Å². The number of benzene rings is 10. The SMILES string of the molecule is CC1(C)c2cc(I)ccc2-c2ccc(I)cc21.CC1(C)c2cc(P3(=O)c4ccccc4Oc4ccccc43)ccc2-c2ccc(P3(=O)c4ccccc4Oc4ccccc43)cc21.O=[p+]1c2ccccc2oc2ccccc21. The van der Waals surface area contributed by atoms with Gasteiger partial charge in [0.1, 0.15) is 23.0 Å². The molecule has 0 saturated heterocycles. The third-order valence-corrected chi connectivity index (χ3v) is 24.8. The molecule has 0 bridgehead atoms. The zero-order chi connectivity index (χ0) is 53.0. The summed E-state index contributed by atoms with van der Waals surface area (Å²) >= 11 is 4.79. The molecule has 11 heteroatoms. The van der Waals surface area contributed by atoms with Crippen LogP contribution in [0.2, 0.25) is 0 Å². The molecule has 376 valence electrons. The van der Waals surface area contributed by atoms with Gasteiger partial charge in [-0.05, 0) is 199 Å². The predicted octanol–water partition coefficient (Wildman–Crippen LogP) is 17.0. The van der Waals surface area contributed by atoms with E-state index in [1.165, 1.54) is 29.4 Å². The monoisotopic (exact) mass is 1280 g/mol. The molecule has 0 saturated carbocycles. The lowest BCUT2D eigenvalue weighted by atomic mass is 9.82. The lowest BCUT2D eigenvalue weighted by Gasteiger charge is -2.30. The zero-order valence-corrected chi connectivity index (χ0v) is 49.3. The molecule has 0 amide bonds. The molecule has 1 aromatic heterocycles. The van der Waals surface area contributed by atoms with Crippen LogP contribution < -0.4 is 41.3 Å². The highest BCUT2D eigenvalue weighted by Crippen LogP contribution is 2.57. The van der Waals surface area contributed by atoms with Crippen LogP contribution in [0.3, 0.4) is 0 Å². The van der Waals surface area contributed by atoms with Crippen LogP contribution in [0.15, 0.2) is 223 Å². The zero-order valence-electron chi connectivity index (χ0n) is 42.3. The van der Waals surface area contributed by atoms with Crippen molar-refractivity contribution in [2.75, 3.05) is 0 Å². The molecule has 2 aliphatic heterocycles.